The molecule has 1 aromatic heterocycles. The highest BCUT2D eigenvalue weighted by Gasteiger charge is 2.11. The van der Waals surface area contributed by atoms with Crippen LogP contribution in [0.25, 0.3) is 11.4 Å². The molecule has 1 unspecified atom stereocenters. The molecular weight excluding hydrogens is 286 g/mol. The largest absolute Gasteiger partial charge is 0.481 e. The van der Waals surface area contributed by atoms with Gasteiger partial charge in [-0.2, -0.15) is 4.80 Å². The Morgan fingerprint density at radius 1 is 1.32 bits per heavy atom. The summed E-state index contributed by atoms with van der Waals surface area (Å²) in [6, 6.07) is 9.34. The summed E-state index contributed by atoms with van der Waals surface area (Å²) >= 11 is 0. The van der Waals surface area contributed by atoms with E-state index in [1.54, 1.807) is 6.92 Å². The van der Waals surface area contributed by atoms with Crippen LogP contribution in [0.2, 0.25) is 0 Å². The Morgan fingerprint density at radius 3 is 2.73 bits per heavy atom. The summed E-state index contributed by atoms with van der Waals surface area (Å²) in [6.07, 6.45) is 0.0139. The van der Waals surface area contributed by atoms with Gasteiger partial charge in [0.05, 0.1) is 0 Å². The maximum Gasteiger partial charge on any atom is 0.303 e. The van der Waals surface area contributed by atoms with Gasteiger partial charge in [-0.15, -0.1) is 10.2 Å². The van der Waals surface area contributed by atoms with Crippen molar-refractivity contribution in [3.05, 3.63) is 30.3 Å². The van der Waals surface area contributed by atoms with Gasteiger partial charge in [-0.05, 0) is 11.1 Å². The molecule has 1 heterocycles. The highest BCUT2D eigenvalue weighted by atomic mass is 16.4. The number of amides is 1. The van der Waals surface area contributed by atoms with E-state index in [4.69, 9.17) is 5.11 Å². The number of benzene rings is 1. The first-order valence-corrected chi connectivity index (χ1v) is 6.86. The van der Waals surface area contributed by atoms with Gasteiger partial charge in [0.15, 0.2) is 0 Å². The number of carbonyl (C=O) groups is 2. The van der Waals surface area contributed by atoms with Gasteiger partial charge in [-0.1, -0.05) is 37.3 Å². The molecule has 1 atom stereocenters. The lowest BCUT2D eigenvalue weighted by Crippen LogP contribution is -2.32. The van der Waals surface area contributed by atoms with Crippen LogP contribution >= 0.6 is 0 Å². The molecule has 0 aliphatic heterocycles. The van der Waals surface area contributed by atoms with Crippen molar-refractivity contribution in [3.8, 4) is 11.4 Å². The molecule has 8 nitrogen and oxygen atoms in total. The third kappa shape index (κ3) is 4.65. The zero-order valence-electron chi connectivity index (χ0n) is 12.1. The molecule has 1 aromatic carbocycles. The molecule has 8 heteroatoms. The lowest BCUT2D eigenvalue weighted by atomic mass is 10.1. The molecule has 2 rings (SSSR count). The minimum Gasteiger partial charge on any atom is -0.481 e. The number of carbonyl (C=O) groups excluding carboxylic acids is 1. The van der Waals surface area contributed by atoms with E-state index in [0.29, 0.717) is 12.4 Å². The van der Waals surface area contributed by atoms with Crippen LogP contribution in [0.4, 0.5) is 0 Å². The number of nitrogens with one attached hydrogen (secondary N) is 1. The lowest BCUT2D eigenvalue weighted by molar-refractivity contribution is -0.138. The molecule has 0 radical (unpaired) electrons. The summed E-state index contributed by atoms with van der Waals surface area (Å²) in [5, 5.41) is 23.2. The van der Waals surface area contributed by atoms with Gasteiger partial charge in [0, 0.05) is 18.5 Å². The first kappa shape index (κ1) is 15.6. The number of hydrogen-bond donors (Lipinski definition) is 2. The Morgan fingerprint density at radius 2 is 2.05 bits per heavy atom. The summed E-state index contributed by atoms with van der Waals surface area (Å²) in [6.45, 7) is 2.00. The summed E-state index contributed by atoms with van der Waals surface area (Å²) in [5.74, 6) is -0.848. The highest BCUT2D eigenvalue weighted by molar-refractivity contribution is 5.75. The quantitative estimate of drug-likeness (QED) is 0.773. The van der Waals surface area contributed by atoms with Crippen LogP contribution in [-0.2, 0) is 16.1 Å². The first-order valence-electron chi connectivity index (χ1n) is 6.86. The summed E-state index contributed by atoms with van der Waals surface area (Å²) in [7, 11) is 0. The maximum atomic E-state index is 11.8. The molecule has 0 aliphatic rings. The molecule has 0 spiro atoms. The molecule has 0 bridgehead atoms. The zero-order chi connectivity index (χ0) is 15.9. The summed E-state index contributed by atoms with van der Waals surface area (Å²) in [5.41, 5.74) is 0.823. The monoisotopic (exact) mass is 303 g/mol. The van der Waals surface area contributed by atoms with E-state index in [2.05, 4.69) is 20.7 Å². The van der Waals surface area contributed by atoms with Crippen LogP contribution in [-0.4, -0.2) is 43.7 Å². The third-order valence-electron chi connectivity index (χ3n) is 2.94. The van der Waals surface area contributed by atoms with Gasteiger partial charge < -0.3 is 10.4 Å². The van der Waals surface area contributed by atoms with Crippen molar-refractivity contribution in [1.82, 2.24) is 25.5 Å². The van der Waals surface area contributed by atoms with Crippen LogP contribution in [0.15, 0.2) is 30.3 Å². The highest BCUT2D eigenvalue weighted by Crippen LogP contribution is 2.11. The lowest BCUT2D eigenvalue weighted by Gasteiger charge is -2.09. The number of hydrogen-bond acceptors (Lipinski definition) is 5. The van der Waals surface area contributed by atoms with Crippen molar-refractivity contribution in [2.45, 2.75) is 19.9 Å². The Hall–Kier alpha value is -2.77. The van der Waals surface area contributed by atoms with Crippen LogP contribution in [0.3, 0.4) is 0 Å². The minimum atomic E-state index is -0.882. The Kier molecular flexibility index (Phi) is 5.18. The number of aliphatic carboxylic acids is 1. The van der Waals surface area contributed by atoms with Crippen molar-refractivity contribution in [2.24, 2.45) is 5.92 Å². The molecule has 0 saturated heterocycles. The molecule has 0 aliphatic carbocycles. The smallest absolute Gasteiger partial charge is 0.303 e. The zero-order valence-corrected chi connectivity index (χ0v) is 12.1. The fourth-order valence-corrected chi connectivity index (χ4v) is 1.86. The van der Waals surface area contributed by atoms with Gasteiger partial charge in [0.2, 0.25) is 11.7 Å². The molecule has 2 aromatic rings. The number of aromatic nitrogens is 4. The molecule has 0 fully saturated rings. The minimum absolute atomic E-state index is 0.0139. The van der Waals surface area contributed by atoms with Crippen molar-refractivity contribution in [3.63, 3.8) is 0 Å². The summed E-state index contributed by atoms with van der Waals surface area (Å²) in [4.78, 5) is 23.5. The van der Waals surface area contributed by atoms with Gasteiger partial charge in [-0.3, -0.25) is 9.59 Å². The van der Waals surface area contributed by atoms with E-state index >= 15 is 0 Å². The average Bonchev–Trinajstić information content (AvgIpc) is 2.94. The van der Waals surface area contributed by atoms with Crippen LogP contribution in [0.5, 0.6) is 0 Å². The molecule has 1 amide bonds. The van der Waals surface area contributed by atoms with Crippen molar-refractivity contribution in [2.75, 3.05) is 6.54 Å². The standard InChI is InChI=1S/C14H17N5O3/c1-10(7-13(21)22)8-15-12(20)9-19-17-14(16-18-19)11-5-3-2-4-6-11/h2-6,10H,7-9H2,1H3,(H,15,20)(H,21,22). The maximum absolute atomic E-state index is 11.8. The second-order valence-electron chi connectivity index (χ2n) is 5.02. The molecule has 0 saturated carbocycles. The van der Waals surface area contributed by atoms with Crippen molar-refractivity contribution in [1.29, 1.82) is 0 Å². The number of carboxylic acid groups (broad SMARTS) is 1. The van der Waals surface area contributed by atoms with E-state index in [9.17, 15) is 9.59 Å². The number of tetrazole rings is 1. The van der Waals surface area contributed by atoms with Gasteiger partial charge in [0.1, 0.15) is 6.54 Å². The SMILES string of the molecule is CC(CNC(=O)Cn1nnc(-c2ccccc2)n1)CC(=O)O. The normalized spacial score (nSPS) is 11.9. The Bertz CT molecular complexity index is 641. The van der Waals surface area contributed by atoms with Gasteiger partial charge in [-0.25, -0.2) is 0 Å². The predicted molar refractivity (Wildman–Crippen MR) is 77.7 cm³/mol. The number of carboxylic acids is 1. The van der Waals surface area contributed by atoms with Crippen molar-refractivity contribution >= 4 is 11.9 Å². The second kappa shape index (κ2) is 7.30. The second-order valence-corrected chi connectivity index (χ2v) is 5.02. The Labute approximate surface area is 127 Å². The van der Waals surface area contributed by atoms with E-state index in [-0.39, 0.29) is 24.8 Å². The van der Waals surface area contributed by atoms with E-state index < -0.39 is 5.97 Å². The van der Waals surface area contributed by atoms with Crippen LogP contribution < -0.4 is 5.32 Å². The predicted octanol–water partition coefficient (Wildman–Crippen LogP) is 0.567. The number of rotatable bonds is 7. The fraction of sp³-hybridized carbons (Fsp3) is 0.357. The van der Waals surface area contributed by atoms with Gasteiger partial charge in [0.25, 0.3) is 0 Å². The average molecular weight is 303 g/mol. The van der Waals surface area contributed by atoms with Gasteiger partial charge >= 0.3 is 5.97 Å². The first-order chi connectivity index (χ1) is 10.5. The van der Waals surface area contributed by atoms with E-state index in [1.807, 2.05) is 30.3 Å². The molecule has 116 valence electrons. The molecule has 22 heavy (non-hydrogen) atoms. The fourth-order valence-electron chi connectivity index (χ4n) is 1.86. The topological polar surface area (TPSA) is 110 Å². The summed E-state index contributed by atoms with van der Waals surface area (Å²) < 4.78 is 0. The van der Waals surface area contributed by atoms with E-state index in [1.165, 1.54) is 4.80 Å². The molecule has 2 N–H and O–H groups in total. The van der Waals surface area contributed by atoms with E-state index in [0.717, 1.165) is 5.56 Å². The Balaban J connectivity index is 1.85. The number of nitrogens with zero attached hydrogens (tertiary/aromatic N) is 4. The third-order valence-corrected chi connectivity index (χ3v) is 2.94. The van der Waals surface area contributed by atoms with Crippen LogP contribution in [0.1, 0.15) is 13.3 Å². The molecular formula is C14H17N5O3. The van der Waals surface area contributed by atoms with Crippen molar-refractivity contribution < 1.29 is 14.7 Å². The van der Waals surface area contributed by atoms with Crippen LogP contribution in [0, 0.1) is 5.92 Å².